The largest absolute Gasteiger partial charge is 0.573 e. The predicted molar refractivity (Wildman–Crippen MR) is 47.9 cm³/mol. The molecule has 0 saturated heterocycles. The molecule has 0 aliphatic heterocycles. The second kappa shape index (κ2) is 3.87. The van der Waals surface area contributed by atoms with Crippen molar-refractivity contribution in [3.8, 4) is 5.75 Å². The molecule has 0 spiro atoms. The maximum Gasteiger partial charge on any atom is 0.573 e. The number of hydrogen-bond donors (Lipinski definition) is 0. The second-order valence-electron chi connectivity index (χ2n) is 2.56. The molecule has 0 heterocycles. The van der Waals surface area contributed by atoms with E-state index in [-0.39, 0.29) is 21.4 Å². The van der Waals surface area contributed by atoms with Crippen molar-refractivity contribution in [2.75, 3.05) is 0 Å². The van der Waals surface area contributed by atoms with Crippen molar-refractivity contribution in [2.45, 2.75) is 13.3 Å². The van der Waals surface area contributed by atoms with Crippen molar-refractivity contribution in [3.05, 3.63) is 27.7 Å². The van der Waals surface area contributed by atoms with Gasteiger partial charge in [-0.3, -0.25) is 0 Å². The van der Waals surface area contributed by atoms with Crippen LogP contribution in [0.25, 0.3) is 0 Å². The molecule has 0 saturated carbocycles. The summed E-state index contributed by atoms with van der Waals surface area (Å²) in [6.07, 6.45) is -4.74. The molecule has 0 amide bonds. The van der Waals surface area contributed by atoms with Gasteiger partial charge in [0.2, 0.25) is 0 Å². The number of alkyl halides is 3. The summed E-state index contributed by atoms with van der Waals surface area (Å²) in [5.74, 6) is -0.380. The Labute approximate surface area is 88.4 Å². The van der Waals surface area contributed by atoms with E-state index in [1.165, 1.54) is 13.0 Å². The van der Waals surface area contributed by atoms with Gasteiger partial charge in [0, 0.05) is 15.6 Å². The highest BCUT2D eigenvalue weighted by Gasteiger charge is 2.32. The van der Waals surface area contributed by atoms with Crippen LogP contribution >= 0.6 is 23.2 Å². The summed E-state index contributed by atoms with van der Waals surface area (Å²) in [5, 5.41) is 0.233. The van der Waals surface area contributed by atoms with E-state index in [2.05, 4.69) is 4.74 Å². The molecule has 0 bridgehead atoms. The van der Waals surface area contributed by atoms with E-state index < -0.39 is 6.36 Å². The lowest BCUT2D eigenvalue weighted by Crippen LogP contribution is -2.17. The SMILES string of the molecule is Cc1c(Cl)cc(Cl)cc1OC(F)(F)F. The predicted octanol–water partition coefficient (Wildman–Crippen LogP) is 4.20. The van der Waals surface area contributed by atoms with Gasteiger partial charge in [0.1, 0.15) is 5.75 Å². The minimum Gasteiger partial charge on any atom is -0.405 e. The van der Waals surface area contributed by atoms with Gasteiger partial charge in [0.05, 0.1) is 0 Å². The summed E-state index contributed by atoms with van der Waals surface area (Å²) in [6.45, 7) is 1.42. The molecular weight excluding hydrogens is 240 g/mol. The Kier molecular flexibility index (Phi) is 3.17. The standard InChI is InChI=1S/C8H5Cl2F3O/c1-4-6(10)2-5(9)3-7(4)14-8(11,12)13/h2-3H,1H3. The van der Waals surface area contributed by atoms with E-state index >= 15 is 0 Å². The van der Waals surface area contributed by atoms with Crippen LogP contribution < -0.4 is 4.74 Å². The number of benzene rings is 1. The molecule has 14 heavy (non-hydrogen) atoms. The Hall–Kier alpha value is -0.610. The van der Waals surface area contributed by atoms with Crippen molar-refractivity contribution in [1.82, 2.24) is 0 Å². The summed E-state index contributed by atoms with van der Waals surface area (Å²) in [4.78, 5) is 0. The van der Waals surface area contributed by atoms with E-state index in [9.17, 15) is 13.2 Å². The molecule has 1 aromatic rings. The number of hydrogen-bond acceptors (Lipinski definition) is 1. The fourth-order valence-electron chi connectivity index (χ4n) is 0.853. The molecule has 0 aliphatic carbocycles. The molecule has 78 valence electrons. The fraction of sp³-hybridized carbons (Fsp3) is 0.250. The third kappa shape index (κ3) is 2.96. The van der Waals surface area contributed by atoms with Crippen molar-refractivity contribution < 1.29 is 17.9 Å². The maximum absolute atomic E-state index is 11.9. The highest BCUT2D eigenvalue weighted by atomic mass is 35.5. The fourth-order valence-corrected chi connectivity index (χ4v) is 1.33. The van der Waals surface area contributed by atoms with Crippen LogP contribution in [-0.2, 0) is 0 Å². The van der Waals surface area contributed by atoms with Gasteiger partial charge in [0.15, 0.2) is 0 Å². The summed E-state index contributed by atoms with van der Waals surface area (Å²) >= 11 is 11.1. The lowest BCUT2D eigenvalue weighted by molar-refractivity contribution is -0.274. The number of halogens is 5. The topological polar surface area (TPSA) is 9.23 Å². The van der Waals surface area contributed by atoms with Crippen molar-refractivity contribution in [3.63, 3.8) is 0 Å². The van der Waals surface area contributed by atoms with Crippen LogP contribution in [0.15, 0.2) is 12.1 Å². The molecule has 0 N–H and O–H groups in total. The van der Waals surface area contributed by atoms with E-state index in [4.69, 9.17) is 23.2 Å². The second-order valence-corrected chi connectivity index (χ2v) is 3.40. The average molecular weight is 245 g/mol. The first-order valence-electron chi connectivity index (χ1n) is 3.51. The summed E-state index contributed by atoms with van der Waals surface area (Å²) in [7, 11) is 0. The lowest BCUT2D eigenvalue weighted by atomic mass is 10.2. The first-order chi connectivity index (χ1) is 6.29. The van der Waals surface area contributed by atoms with Gasteiger partial charge in [0.25, 0.3) is 0 Å². The van der Waals surface area contributed by atoms with Crippen LogP contribution in [-0.4, -0.2) is 6.36 Å². The Bertz CT molecular complexity index is 349. The molecule has 1 nitrogen and oxygen atoms in total. The van der Waals surface area contributed by atoms with Gasteiger partial charge in [-0.25, -0.2) is 0 Å². The molecule has 0 radical (unpaired) electrons. The minimum atomic E-state index is -4.74. The molecule has 0 aromatic heterocycles. The number of ether oxygens (including phenoxy) is 1. The smallest absolute Gasteiger partial charge is 0.405 e. The average Bonchev–Trinajstić information content (AvgIpc) is 1.96. The zero-order chi connectivity index (χ0) is 10.9. The Morgan fingerprint density at radius 1 is 1.21 bits per heavy atom. The molecule has 0 aliphatic rings. The summed E-state index contributed by atoms with van der Waals surface area (Å²) in [6, 6.07) is 2.41. The molecule has 0 atom stereocenters. The van der Waals surface area contributed by atoms with Crippen molar-refractivity contribution in [2.24, 2.45) is 0 Å². The van der Waals surface area contributed by atoms with Crippen molar-refractivity contribution in [1.29, 1.82) is 0 Å². The van der Waals surface area contributed by atoms with E-state index in [0.717, 1.165) is 6.07 Å². The van der Waals surface area contributed by atoms with Crippen LogP contribution in [0.3, 0.4) is 0 Å². The van der Waals surface area contributed by atoms with Crippen LogP contribution in [0.2, 0.25) is 10.0 Å². The minimum absolute atomic E-state index is 0.0971. The molecule has 6 heteroatoms. The molecule has 0 unspecified atom stereocenters. The highest BCUT2D eigenvalue weighted by molar-refractivity contribution is 6.35. The van der Waals surface area contributed by atoms with E-state index in [1.807, 2.05) is 0 Å². The van der Waals surface area contributed by atoms with Gasteiger partial charge in [-0.15, -0.1) is 13.2 Å². The molecule has 0 fully saturated rings. The highest BCUT2D eigenvalue weighted by Crippen LogP contribution is 2.33. The zero-order valence-electron chi connectivity index (χ0n) is 6.95. The van der Waals surface area contributed by atoms with Gasteiger partial charge in [-0.1, -0.05) is 23.2 Å². The lowest BCUT2D eigenvalue weighted by Gasteiger charge is -2.12. The summed E-state index contributed by atoms with van der Waals surface area (Å²) in [5.41, 5.74) is 0.202. The van der Waals surface area contributed by atoms with Gasteiger partial charge in [-0.2, -0.15) is 0 Å². The van der Waals surface area contributed by atoms with E-state index in [1.54, 1.807) is 0 Å². The summed E-state index contributed by atoms with van der Waals surface area (Å²) < 4.78 is 39.4. The first kappa shape index (κ1) is 11.5. The quantitative estimate of drug-likeness (QED) is 0.720. The van der Waals surface area contributed by atoms with Crippen LogP contribution in [0, 0.1) is 6.92 Å². The first-order valence-corrected chi connectivity index (χ1v) is 4.26. The number of rotatable bonds is 1. The van der Waals surface area contributed by atoms with Gasteiger partial charge < -0.3 is 4.74 Å². The van der Waals surface area contributed by atoms with Gasteiger partial charge >= 0.3 is 6.36 Å². The Balaban J connectivity index is 3.09. The van der Waals surface area contributed by atoms with Crippen LogP contribution in [0.1, 0.15) is 5.56 Å². The van der Waals surface area contributed by atoms with Crippen LogP contribution in [0.4, 0.5) is 13.2 Å². The van der Waals surface area contributed by atoms with Crippen LogP contribution in [0.5, 0.6) is 5.75 Å². The maximum atomic E-state index is 11.9. The Morgan fingerprint density at radius 3 is 2.29 bits per heavy atom. The molecule has 1 aromatic carbocycles. The van der Waals surface area contributed by atoms with E-state index in [0.29, 0.717) is 0 Å². The molecule has 1 rings (SSSR count). The third-order valence-electron chi connectivity index (χ3n) is 1.49. The van der Waals surface area contributed by atoms with Gasteiger partial charge in [-0.05, 0) is 19.1 Å². The van der Waals surface area contributed by atoms with Crippen molar-refractivity contribution >= 4 is 23.2 Å². The monoisotopic (exact) mass is 244 g/mol. The third-order valence-corrected chi connectivity index (χ3v) is 2.10. The normalized spacial score (nSPS) is 11.6. The molecular formula is C8H5Cl2F3O. The Morgan fingerprint density at radius 2 is 1.79 bits per heavy atom. The zero-order valence-corrected chi connectivity index (χ0v) is 8.46.